The Morgan fingerprint density at radius 3 is 2.83 bits per heavy atom. The molecule has 2 heterocycles. The average Bonchev–Trinajstić information content (AvgIpc) is 2.92. The topological polar surface area (TPSA) is 67.6 Å². The molecule has 0 spiro atoms. The summed E-state index contributed by atoms with van der Waals surface area (Å²) in [4.78, 5) is 18.6. The Kier molecular flexibility index (Phi) is 4.49. The van der Waals surface area contributed by atoms with Crippen LogP contribution in [-0.4, -0.2) is 44.3 Å². The van der Waals surface area contributed by atoms with Gasteiger partial charge in [0.2, 0.25) is 0 Å². The first kappa shape index (κ1) is 16.8. The Labute approximate surface area is 142 Å². The van der Waals surface area contributed by atoms with Crippen molar-refractivity contribution in [2.45, 2.75) is 51.9 Å². The largest absolute Gasteiger partial charge is 0.444 e. The van der Waals surface area contributed by atoms with Crippen molar-refractivity contribution >= 4 is 17.1 Å². The van der Waals surface area contributed by atoms with Crippen LogP contribution in [0.3, 0.4) is 0 Å². The van der Waals surface area contributed by atoms with Gasteiger partial charge in [-0.2, -0.15) is 0 Å². The summed E-state index contributed by atoms with van der Waals surface area (Å²) in [5, 5.41) is 9.69. The van der Waals surface area contributed by atoms with Crippen LogP contribution in [0.1, 0.15) is 45.5 Å². The van der Waals surface area contributed by atoms with E-state index in [1.807, 2.05) is 45.0 Å². The predicted molar refractivity (Wildman–Crippen MR) is 91.7 cm³/mol. The van der Waals surface area contributed by atoms with Crippen molar-refractivity contribution in [1.82, 2.24) is 14.5 Å². The summed E-state index contributed by atoms with van der Waals surface area (Å²) < 4.78 is 7.57. The van der Waals surface area contributed by atoms with Crippen molar-refractivity contribution in [3.8, 4) is 0 Å². The zero-order valence-corrected chi connectivity index (χ0v) is 14.5. The third-order valence-corrected chi connectivity index (χ3v) is 4.22. The van der Waals surface area contributed by atoms with Crippen LogP contribution in [0.2, 0.25) is 0 Å². The van der Waals surface area contributed by atoms with Crippen LogP contribution in [0.5, 0.6) is 0 Å². The van der Waals surface area contributed by atoms with E-state index >= 15 is 0 Å². The molecule has 0 saturated carbocycles. The number of hydrogen-bond donors (Lipinski definition) is 1. The smallest absolute Gasteiger partial charge is 0.410 e. The van der Waals surface area contributed by atoms with Gasteiger partial charge in [-0.3, -0.25) is 0 Å². The number of aliphatic hydroxyl groups excluding tert-OH is 1. The zero-order valence-electron chi connectivity index (χ0n) is 14.5. The predicted octanol–water partition coefficient (Wildman–Crippen LogP) is 3.10. The van der Waals surface area contributed by atoms with Crippen LogP contribution in [0.4, 0.5) is 4.79 Å². The van der Waals surface area contributed by atoms with Gasteiger partial charge < -0.3 is 19.3 Å². The molecule has 1 atom stereocenters. The molecule has 1 amide bonds. The number of ether oxygens (including phenoxy) is 1. The van der Waals surface area contributed by atoms with E-state index in [-0.39, 0.29) is 18.7 Å². The summed E-state index contributed by atoms with van der Waals surface area (Å²) in [6.07, 6.45) is 1.58. The number of imidazole rings is 1. The Bertz CT molecular complexity index is 733. The van der Waals surface area contributed by atoms with Crippen molar-refractivity contribution in [3.05, 3.63) is 30.1 Å². The van der Waals surface area contributed by atoms with Crippen LogP contribution >= 0.6 is 0 Å². The normalized spacial score (nSPS) is 18.8. The number of para-hydroxylation sites is 2. The number of fused-ring (bicyclic) bond motifs is 1. The molecule has 0 bridgehead atoms. The van der Waals surface area contributed by atoms with Crippen LogP contribution in [0.15, 0.2) is 24.3 Å². The number of benzene rings is 1. The lowest BCUT2D eigenvalue weighted by Crippen LogP contribution is -2.43. The molecule has 1 N–H and O–H groups in total. The quantitative estimate of drug-likeness (QED) is 0.918. The molecule has 6 heteroatoms. The number of aromatic nitrogens is 2. The highest BCUT2D eigenvalue weighted by Crippen LogP contribution is 2.28. The van der Waals surface area contributed by atoms with Gasteiger partial charge in [0, 0.05) is 13.1 Å². The Morgan fingerprint density at radius 2 is 2.12 bits per heavy atom. The molecule has 2 aromatic rings. The van der Waals surface area contributed by atoms with E-state index in [1.165, 1.54) is 0 Å². The molecule has 0 unspecified atom stereocenters. The summed E-state index contributed by atoms with van der Waals surface area (Å²) in [6.45, 7) is 6.78. The van der Waals surface area contributed by atoms with Gasteiger partial charge in [0.15, 0.2) is 0 Å². The molecule has 6 nitrogen and oxygen atoms in total. The van der Waals surface area contributed by atoms with Crippen molar-refractivity contribution in [1.29, 1.82) is 0 Å². The van der Waals surface area contributed by atoms with E-state index in [2.05, 4.69) is 9.55 Å². The second kappa shape index (κ2) is 6.43. The summed E-state index contributed by atoms with van der Waals surface area (Å²) in [6, 6.07) is 7.96. The maximum Gasteiger partial charge on any atom is 0.410 e. The molecule has 0 aliphatic carbocycles. The number of rotatable bonds is 2. The number of amides is 1. The monoisotopic (exact) mass is 331 g/mol. The van der Waals surface area contributed by atoms with Crippen LogP contribution in [-0.2, 0) is 11.3 Å². The fourth-order valence-electron chi connectivity index (χ4n) is 3.27. The average molecular weight is 331 g/mol. The Morgan fingerprint density at radius 1 is 1.38 bits per heavy atom. The Balaban J connectivity index is 1.86. The molecule has 1 aliphatic rings. The second-order valence-electron chi connectivity index (χ2n) is 7.27. The highest BCUT2D eigenvalue weighted by molar-refractivity contribution is 5.76. The van der Waals surface area contributed by atoms with Gasteiger partial charge >= 0.3 is 6.09 Å². The number of carbonyl (C=O) groups excluding carboxylic acids is 1. The van der Waals surface area contributed by atoms with E-state index in [0.717, 1.165) is 23.9 Å². The van der Waals surface area contributed by atoms with E-state index in [0.29, 0.717) is 18.9 Å². The first-order valence-electron chi connectivity index (χ1n) is 8.43. The van der Waals surface area contributed by atoms with E-state index in [9.17, 15) is 9.90 Å². The van der Waals surface area contributed by atoms with Gasteiger partial charge in [-0.05, 0) is 45.7 Å². The van der Waals surface area contributed by atoms with Crippen molar-refractivity contribution in [2.24, 2.45) is 0 Å². The van der Waals surface area contributed by atoms with Crippen LogP contribution in [0.25, 0.3) is 11.0 Å². The molecule has 1 aromatic heterocycles. The van der Waals surface area contributed by atoms with Gasteiger partial charge in [-0.25, -0.2) is 9.78 Å². The number of piperidine rings is 1. The molecule has 0 radical (unpaired) electrons. The fraction of sp³-hybridized carbons (Fsp3) is 0.556. The molecule has 24 heavy (non-hydrogen) atoms. The molecule has 1 aliphatic heterocycles. The summed E-state index contributed by atoms with van der Waals surface area (Å²) in [7, 11) is 0. The molecule has 3 rings (SSSR count). The van der Waals surface area contributed by atoms with Gasteiger partial charge in [-0.15, -0.1) is 0 Å². The minimum absolute atomic E-state index is 0.0980. The number of hydrogen-bond acceptors (Lipinski definition) is 4. The van der Waals surface area contributed by atoms with Gasteiger partial charge in [0.1, 0.15) is 18.0 Å². The maximum absolute atomic E-state index is 12.4. The van der Waals surface area contributed by atoms with Gasteiger partial charge in [-0.1, -0.05) is 12.1 Å². The lowest BCUT2D eigenvalue weighted by atomic mass is 10.1. The molecule has 1 aromatic carbocycles. The number of aliphatic hydroxyl groups is 1. The maximum atomic E-state index is 12.4. The summed E-state index contributed by atoms with van der Waals surface area (Å²) in [5.74, 6) is 0.646. The number of likely N-dealkylation sites (tertiary alicyclic amines) is 1. The highest BCUT2D eigenvalue weighted by atomic mass is 16.6. The highest BCUT2D eigenvalue weighted by Gasteiger charge is 2.30. The van der Waals surface area contributed by atoms with Crippen molar-refractivity contribution in [3.63, 3.8) is 0 Å². The first-order valence-corrected chi connectivity index (χ1v) is 8.43. The lowest BCUT2D eigenvalue weighted by molar-refractivity contribution is 0.0172. The standard InChI is InChI=1S/C18H25N3O3/c1-18(2,3)24-17(23)20-10-6-7-13(11-20)21-15-9-5-4-8-14(15)19-16(21)12-22/h4-5,8-9,13,22H,6-7,10-12H2,1-3H3/t13-/m0/s1. The van der Waals surface area contributed by atoms with Gasteiger partial charge in [0.25, 0.3) is 0 Å². The summed E-state index contributed by atoms with van der Waals surface area (Å²) in [5.41, 5.74) is 1.37. The fourth-order valence-corrected chi connectivity index (χ4v) is 3.27. The molecule has 1 saturated heterocycles. The zero-order chi connectivity index (χ0) is 17.3. The van der Waals surface area contributed by atoms with E-state index in [1.54, 1.807) is 4.90 Å². The van der Waals surface area contributed by atoms with Crippen molar-refractivity contribution < 1.29 is 14.6 Å². The van der Waals surface area contributed by atoms with E-state index < -0.39 is 5.60 Å². The van der Waals surface area contributed by atoms with Crippen LogP contribution < -0.4 is 0 Å². The lowest BCUT2D eigenvalue weighted by Gasteiger charge is -2.35. The number of carbonyl (C=O) groups is 1. The molecule has 130 valence electrons. The Hall–Kier alpha value is -2.08. The minimum Gasteiger partial charge on any atom is -0.444 e. The third-order valence-electron chi connectivity index (χ3n) is 4.22. The second-order valence-corrected chi connectivity index (χ2v) is 7.27. The molecular formula is C18H25N3O3. The molecular weight excluding hydrogens is 306 g/mol. The number of nitrogens with zero attached hydrogens (tertiary/aromatic N) is 3. The SMILES string of the molecule is CC(C)(C)OC(=O)N1CCC[C@H](n2c(CO)nc3ccccc32)C1. The van der Waals surface area contributed by atoms with E-state index in [4.69, 9.17) is 4.74 Å². The molecule has 1 fully saturated rings. The van der Waals surface area contributed by atoms with Crippen molar-refractivity contribution in [2.75, 3.05) is 13.1 Å². The first-order chi connectivity index (χ1) is 11.4. The van der Waals surface area contributed by atoms with Gasteiger partial charge in [0.05, 0.1) is 17.1 Å². The van der Waals surface area contributed by atoms with Crippen LogP contribution in [0, 0.1) is 0 Å². The third kappa shape index (κ3) is 3.38. The summed E-state index contributed by atoms with van der Waals surface area (Å²) >= 11 is 0. The minimum atomic E-state index is -0.498.